The topological polar surface area (TPSA) is 21.3 Å². The Kier molecular flexibility index (Phi) is 5.59. The molecule has 110 valence electrons. The first-order chi connectivity index (χ1) is 10.3. The van der Waals surface area contributed by atoms with Crippen molar-refractivity contribution < 1.29 is 4.74 Å². The minimum atomic E-state index is 0.189. The second-order valence-electron chi connectivity index (χ2n) is 5.12. The van der Waals surface area contributed by atoms with Crippen molar-refractivity contribution in [2.45, 2.75) is 25.4 Å². The highest BCUT2D eigenvalue weighted by Crippen LogP contribution is 2.29. The van der Waals surface area contributed by atoms with Gasteiger partial charge in [-0.05, 0) is 25.0 Å². The van der Waals surface area contributed by atoms with Crippen LogP contribution in [0, 0.1) is 0 Å². The average Bonchev–Trinajstić information content (AvgIpc) is 2.55. The number of para-hydroxylation sites is 1. The molecule has 2 heteroatoms. The van der Waals surface area contributed by atoms with Crippen LogP contribution in [0.25, 0.3) is 0 Å². The van der Waals surface area contributed by atoms with Gasteiger partial charge in [0, 0.05) is 17.6 Å². The minimum absolute atomic E-state index is 0.189. The maximum atomic E-state index is 5.49. The summed E-state index contributed by atoms with van der Waals surface area (Å²) in [4.78, 5) is 0. The van der Waals surface area contributed by atoms with Crippen LogP contribution in [0.2, 0.25) is 0 Å². The van der Waals surface area contributed by atoms with Crippen LogP contribution in [0.4, 0.5) is 0 Å². The summed E-state index contributed by atoms with van der Waals surface area (Å²) in [5.74, 6) is 0.914. The monoisotopic (exact) mass is 281 g/mol. The third-order valence-corrected chi connectivity index (χ3v) is 3.67. The molecule has 21 heavy (non-hydrogen) atoms. The lowest BCUT2D eigenvalue weighted by molar-refractivity contribution is 0.392. The van der Waals surface area contributed by atoms with E-state index in [-0.39, 0.29) is 12.1 Å². The molecule has 0 bridgehead atoms. The van der Waals surface area contributed by atoms with Gasteiger partial charge in [-0.1, -0.05) is 54.6 Å². The van der Waals surface area contributed by atoms with Gasteiger partial charge >= 0.3 is 0 Å². The molecule has 0 radical (unpaired) electrons. The van der Waals surface area contributed by atoms with Crippen molar-refractivity contribution in [1.82, 2.24) is 5.32 Å². The number of benzene rings is 2. The van der Waals surface area contributed by atoms with E-state index < -0.39 is 0 Å². The zero-order chi connectivity index (χ0) is 15.1. The predicted octanol–water partition coefficient (Wildman–Crippen LogP) is 4.66. The number of ether oxygens (including phenoxy) is 1. The molecule has 0 aliphatic heterocycles. The molecule has 0 aromatic heterocycles. The smallest absolute Gasteiger partial charge is 0.123 e. The van der Waals surface area contributed by atoms with Gasteiger partial charge in [0.05, 0.1) is 7.11 Å². The van der Waals surface area contributed by atoms with Crippen molar-refractivity contribution in [2.75, 3.05) is 7.11 Å². The van der Waals surface area contributed by atoms with Crippen LogP contribution in [-0.4, -0.2) is 7.11 Å². The Morgan fingerprint density at radius 2 is 1.76 bits per heavy atom. The Bertz CT molecular complexity index is 565. The third-order valence-electron chi connectivity index (χ3n) is 3.67. The van der Waals surface area contributed by atoms with Crippen molar-refractivity contribution in [2.24, 2.45) is 0 Å². The number of methoxy groups -OCH3 is 1. The summed E-state index contributed by atoms with van der Waals surface area (Å²) in [5.41, 5.74) is 2.45. The fraction of sp³-hybridized carbons (Fsp3) is 0.263. The van der Waals surface area contributed by atoms with Crippen LogP contribution in [0.15, 0.2) is 67.3 Å². The van der Waals surface area contributed by atoms with Crippen molar-refractivity contribution >= 4 is 0 Å². The molecule has 0 unspecified atom stereocenters. The number of hydrogen-bond donors (Lipinski definition) is 1. The molecule has 0 saturated heterocycles. The van der Waals surface area contributed by atoms with E-state index in [1.807, 2.05) is 30.3 Å². The van der Waals surface area contributed by atoms with E-state index in [1.165, 1.54) is 11.1 Å². The van der Waals surface area contributed by atoms with E-state index in [4.69, 9.17) is 4.74 Å². The molecule has 2 rings (SSSR count). The van der Waals surface area contributed by atoms with E-state index in [0.717, 1.165) is 12.2 Å². The van der Waals surface area contributed by atoms with Crippen molar-refractivity contribution in [3.05, 3.63) is 78.4 Å². The molecule has 2 aromatic rings. The largest absolute Gasteiger partial charge is 0.496 e. The average molecular weight is 281 g/mol. The third kappa shape index (κ3) is 3.96. The number of hydrogen-bond acceptors (Lipinski definition) is 2. The van der Waals surface area contributed by atoms with E-state index >= 15 is 0 Å². The van der Waals surface area contributed by atoms with Crippen molar-refractivity contribution in [3.8, 4) is 5.75 Å². The van der Waals surface area contributed by atoms with Gasteiger partial charge in [0.1, 0.15) is 5.75 Å². The van der Waals surface area contributed by atoms with Crippen LogP contribution in [0.3, 0.4) is 0 Å². The van der Waals surface area contributed by atoms with Crippen LogP contribution < -0.4 is 10.1 Å². The summed E-state index contributed by atoms with van der Waals surface area (Å²) in [5, 5.41) is 3.67. The lowest BCUT2D eigenvalue weighted by atomic mass is 10.00. The molecule has 1 N–H and O–H groups in total. The first-order valence-corrected chi connectivity index (χ1v) is 7.31. The van der Waals surface area contributed by atoms with Gasteiger partial charge in [-0.2, -0.15) is 0 Å². The molecule has 0 aliphatic rings. The summed E-state index contributed by atoms with van der Waals surface area (Å²) in [6.07, 6.45) is 2.80. The minimum Gasteiger partial charge on any atom is -0.496 e. The summed E-state index contributed by atoms with van der Waals surface area (Å²) < 4.78 is 5.49. The van der Waals surface area contributed by atoms with Gasteiger partial charge in [0.15, 0.2) is 0 Å². The van der Waals surface area contributed by atoms with Crippen LogP contribution in [0.1, 0.15) is 36.6 Å². The Hall–Kier alpha value is -2.06. The first kappa shape index (κ1) is 15.3. The predicted molar refractivity (Wildman–Crippen MR) is 88.5 cm³/mol. The molecular weight excluding hydrogens is 258 g/mol. The SMILES string of the molecule is C=CC[C@@H](N[C@@H](C)c1ccccc1)c1ccccc1OC. The molecule has 2 nitrogen and oxygen atoms in total. The summed E-state index contributed by atoms with van der Waals surface area (Å²) in [6.45, 7) is 6.06. The van der Waals surface area contributed by atoms with Crippen LogP contribution in [-0.2, 0) is 0 Å². The maximum Gasteiger partial charge on any atom is 0.123 e. The Labute approximate surface area is 127 Å². The second kappa shape index (κ2) is 7.65. The molecule has 0 spiro atoms. The van der Waals surface area contributed by atoms with Gasteiger partial charge in [-0.25, -0.2) is 0 Å². The number of nitrogens with one attached hydrogen (secondary N) is 1. The van der Waals surface area contributed by atoms with Crippen molar-refractivity contribution in [3.63, 3.8) is 0 Å². The van der Waals surface area contributed by atoms with Gasteiger partial charge in [0.2, 0.25) is 0 Å². The molecule has 0 heterocycles. The molecule has 0 amide bonds. The Morgan fingerprint density at radius 3 is 2.43 bits per heavy atom. The van der Waals surface area contributed by atoms with Gasteiger partial charge in [0.25, 0.3) is 0 Å². The highest BCUT2D eigenvalue weighted by Gasteiger charge is 2.17. The number of rotatable bonds is 7. The molecule has 0 saturated carbocycles. The zero-order valence-electron chi connectivity index (χ0n) is 12.8. The maximum absolute atomic E-state index is 5.49. The van der Waals surface area contributed by atoms with Crippen LogP contribution in [0.5, 0.6) is 5.75 Å². The highest BCUT2D eigenvalue weighted by molar-refractivity contribution is 5.36. The summed E-state index contributed by atoms with van der Waals surface area (Å²) in [7, 11) is 1.71. The molecule has 2 aromatic carbocycles. The summed E-state index contributed by atoms with van der Waals surface area (Å²) >= 11 is 0. The molecule has 0 fully saturated rings. The van der Waals surface area contributed by atoms with E-state index in [1.54, 1.807) is 7.11 Å². The van der Waals surface area contributed by atoms with E-state index in [0.29, 0.717) is 0 Å². The molecule has 2 atom stereocenters. The fourth-order valence-corrected chi connectivity index (χ4v) is 2.55. The summed E-state index contributed by atoms with van der Waals surface area (Å²) in [6, 6.07) is 19.1. The quantitative estimate of drug-likeness (QED) is 0.745. The Balaban J connectivity index is 2.21. The van der Waals surface area contributed by atoms with E-state index in [9.17, 15) is 0 Å². The molecular formula is C19H23NO. The zero-order valence-corrected chi connectivity index (χ0v) is 12.8. The normalized spacial score (nSPS) is 13.4. The fourth-order valence-electron chi connectivity index (χ4n) is 2.55. The van der Waals surface area contributed by atoms with Gasteiger partial charge in [-0.3, -0.25) is 0 Å². The first-order valence-electron chi connectivity index (χ1n) is 7.31. The van der Waals surface area contributed by atoms with Gasteiger partial charge < -0.3 is 10.1 Å². The van der Waals surface area contributed by atoms with E-state index in [2.05, 4.69) is 49.2 Å². The molecule has 0 aliphatic carbocycles. The van der Waals surface area contributed by atoms with Crippen LogP contribution >= 0.6 is 0 Å². The highest BCUT2D eigenvalue weighted by atomic mass is 16.5. The lowest BCUT2D eigenvalue weighted by Gasteiger charge is -2.24. The Morgan fingerprint density at radius 1 is 1.10 bits per heavy atom. The second-order valence-corrected chi connectivity index (χ2v) is 5.12. The van der Waals surface area contributed by atoms with Gasteiger partial charge in [-0.15, -0.1) is 6.58 Å². The van der Waals surface area contributed by atoms with Crippen molar-refractivity contribution in [1.29, 1.82) is 0 Å². The standard InChI is InChI=1S/C19H23NO/c1-4-10-18(17-13-8-9-14-19(17)21-3)20-15(2)16-11-6-5-7-12-16/h4-9,11-15,18,20H,1,10H2,2-3H3/t15-,18+/m0/s1. The lowest BCUT2D eigenvalue weighted by Crippen LogP contribution is -2.24.